The number of sulfonamides is 1. The lowest BCUT2D eigenvalue weighted by Gasteiger charge is -2.31. The minimum atomic E-state index is -3.63. The van der Waals surface area contributed by atoms with Crippen molar-refractivity contribution in [3.8, 4) is 5.75 Å². The highest BCUT2D eigenvalue weighted by Gasteiger charge is 2.29. The molecule has 0 saturated heterocycles. The maximum atomic E-state index is 13.5. The molecule has 0 aromatic heterocycles. The number of hydrogen-bond acceptors (Lipinski definition) is 5. The summed E-state index contributed by atoms with van der Waals surface area (Å²) in [5.74, 6) is 0.0488. The van der Waals surface area contributed by atoms with Crippen LogP contribution < -0.4 is 14.4 Å². The number of nitrogens with one attached hydrogen (secondary N) is 1. The van der Waals surface area contributed by atoms with Crippen LogP contribution in [0.3, 0.4) is 0 Å². The van der Waals surface area contributed by atoms with Crippen molar-refractivity contribution in [3.05, 3.63) is 58.6 Å². The molecule has 0 heterocycles. The van der Waals surface area contributed by atoms with Crippen molar-refractivity contribution in [1.82, 2.24) is 10.2 Å². The molecule has 2 aromatic carbocycles. The molecule has 0 bridgehead atoms. The zero-order valence-corrected chi connectivity index (χ0v) is 23.9. The number of carbonyl (C=O) groups excluding carboxylic acids is 2. The van der Waals surface area contributed by atoms with Crippen LogP contribution in [0.2, 0.25) is 5.02 Å². The molecule has 0 aliphatic heterocycles. The Bertz CT molecular complexity index is 1170. The molecule has 2 amide bonds. The SMILES string of the molecule is CCCNC(=O)[C@@H](CC)N(Cc1ccccc1C)C(=O)CCCN(c1ccc(OC)c(Cl)c1)S(C)(=O)=O. The summed E-state index contributed by atoms with van der Waals surface area (Å²) in [6.07, 6.45) is 2.73. The Labute approximate surface area is 226 Å². The number of rotatable bonds is 14. The lowest BCUT2D eigenvalue weighted by molar-refractivity contribution is -0.141. The van der Waals surface area contributed by atoms with Crippen LogP contribution in [0.5, 0.6) is 5.75 Å². The van der Waals surface area contributed by atoms with Crippen LogP contribution in [-0.2, 0) is 26.2 Å². The number of halogens is 1. The van der Waals surface area contributed by atoms with Crippen molar-refractivity contribution in [2.75, 3.05) is 30.8 Å². The van der Waals surface area contributed by atoms with Gasteiger partial charge in [-0.25, -0.2) is 8.42 Å². The quantitative estimate of drug-likeness (QED) is 0.372. The van der Waals surface area contributed by atoms with Gasteiger partial charge in [0.25, 0.3) is 0 Å². The van der Waals surface area contributed by atoms with E-state index in [4.69, 9.17) is 16.3 Å². The smallest absolute Gasteiger partial charge is 0.242 e. The summed E-state index contributed by atoms with van der Waals surface area (Å²) in [6.45, 7) is 6.75. The predicted octanol–water partition coefficient (Wildman–Crippen LogP) is 4.54. The highest BCUT2D eigenvalue weighted by atomic mass is 35.5. The number of nitrogens with zero attached hydrogens (tertiary/aromatic N) is 2. The van der Waals surface area contributed by atoms with Crippen LogP contribution in [0.15, 0.2) is 42.5 Å². The van der Waals surface area contributed by atoms with Gasteiger partial charge in [-0.15, -0.1) is 0 Å². The molecule has 8 nitrogen and oxygen atoms in total. The number of methoxy groups -OCH3 is 1. The van der Waals surface area contributed by atoms with E-state index >= 15 is 0 Å². The second-order valence-electron chi connectivity index (χ2n) is 8.92. The first kappa shape index (κ1) is 30.4. The van der Waals surface area contributed by atoms with E-state index in [0.717, 1.165) is 23.8 Å². The highest BCUT2D eigenvalue weighted by molar-refractivity contribution is 7.92. The lowest BCUT2D eigenvalue weighted by atomic mass is 10.1. The Kier molecular flexibility index (Phi) is 11.7. The Morgan fingerprint density at radius 1 is 1.14 bits per heavy atom. The normalized spacial score (nSPS) is 12.1. The van der Waals surface area contributed by atoms with E-state index in [2.05, 4.69) is 5.32 Å². The Morgan fingerprint density at radius 2 is 1.84 bits per heavy atom. The minimum Gasteiger partial charge on any atom is -0.495 e. The van der Waals surface area contributed by atoms with E-state index in [1.54, 1.807) is 17.0 Å². The van der Waals surface area contributed by atoms with Crippen LogP contribution in [0, 0.1) is 6.92 Å². The number of benzene rings is 2. The fourth-order valence-corrected chi connectivity index (χ4v) is 5.28. The van der Waals surface area contributed by atoms with E-state index in [1.807, 2.05) is 45.0 Å². The first-order chi connectivity index (χ1) is 17.5. The van der Waals surface area contributed by atoms with Crippen molar-refractivity contribution in [1.29, 1.82) is 0 Å². The fraction of sp³-hybridized carbons (Fsp3) is 0.481. The van der Waals surface area contributed by atoms with E-state index in [1.165, 1.54) is 17.5 Å². The second-order valence-corrected chi connectivity index (χ2v) is 11.2. The van der Waals surface area contributed by atoms with Gasteiger partial charge in [-0.05, 0) is 55.5 Å². The van der Waals surface area contributed by atoms with Crippen molar-refractivity contribution in [3.63, 3.8) is 0 Å². The molecule has 2 aromatic rings. The summed E-state index contributed by atoms with van der Waals surface area (Å²) in [5, 5.41) is 3.20. The van der Waals surface area contributed by atoms with Gasteiger partial charge in [0.05, 0.1) is 24.1 Å². The molecule has 37 heavy (non-hydrogen) atoms. The second kappa shape index (κ2) is 14.2. The lowest BCUT2D eigenvalue weighted by Crippen LogP contribution is -2.49. The zero-order valence-electron chi connectivity index (χ0n) is 22.3. The molecule has 1 N–H and O–H groups in total. The van der Waals surface area contributed by atoms with E-state index in [-0.39, 0.29) is 36.2 Å². The van der Waals surface area contributed by atoms with E-state index < -0.39 is 16.1 Å². The molecule has 1 atom stereocenters. The van der Waals surface area contributed by atoms with Gasteiger partial charge in [-0.1, -0.05) is 49.7 Å². The molecule has 0 aliphatic carbocycles. The summed E-state index contributed by atoms with van der Waals surface area (Å²) in [4.78, 5) is 28.0. The van der Waals surface area contributed by atoms with Gasteiger partial charge in [-0.3, -0.25) is 13.9 Å². The molecular weight excluding hydrogens is 514 g/mol. The van der Waals surface area contributed by atoms with Crippen LogP contribution in [0.25, 0.3) is 0 Å². The van der Waals surface area contributed by atoms with Crippen molar-refractivity contribution >= 4 is 39.1 Å². The van der Waals surface area contributed by atoms with Gasteiger partial charge in [0.15, 0.2) is 0 Å². The molecule has 0 radical (unpaired) electrons. The Morgan fingerprint density at radius 3 is 2.41 bits per heavy atom. The third-order valence-electron chi connectivity index (χ3n) is 6.11. The number of amides is 2. The molecule has 2 rings (SSSR count). The molecule has 10 heteroatoms. The van der Waals surface area contributed by atoms with Gasteiger partial charge < -0.3 is 15.0 Å². The molecular formula is C27H38ClN3O5S. The minimum absolute atomic E-state index is 0.0827. The van der Waals surface area contributed by atoms with Gasteiger partial charge in [-0.2, -0.15) is 0 Å². The summed E-state index contributed by atoms with van der Waals surface area (Å²) in [6, 6.07) is 11.9. The Hall–Kier alpha value is -2.78. The highest BCUT2D eigenvalue weighted by Crippen LogP contribution is 2.30. The van der Waals surface area contributed by atoms with Crippen LogP contribution in [0.4, 0.5) is 5.69 Å². The number of aryl methyl sites for hydroxylation is 1. The Balaban J connectivity index is 2.23. The summed E-state index contributed by atoms with van der Waals surface area (Å²) in [7, 11) is -2.14. The van der Waals surface area contributed by atoms with Gasteiger partial charge in [0.1, 0.15) is 11.8 Å². The third-order valence-corrected chi connectivity index (χ3v) is 7.60. The van der Waals surface area contributed by atoms with Crippen molar-refractivity contribution in [2.45, 2.75) is 59.0 Å². The zero-order chi connectivity index (χ0) is 27.6. The fourth-order valence-electron chi connectivity index (χ4n) is 4.07. The number of carbonyl (C=O) groups is 2. The first-order valence-electron chi connectivity index (χ1n) is 12.5. The van der Waals surface area contributed by atoms with Gasteiger partial charge in [0, 0.05) is 26.1 Å². The largest absolute Gasteiger partial charge is 0.495 e. The molecule has 0 aliphatic rings. The monoisotopic (exact) mass is 551 g/mol. The van der Waals surface area contributed by atoms with E-state index in [0.29, 0.717) is 30.9 Å². The topological polar surface area (TPSA) is 96.0 Å². The summed E-state index contributed by atoms with van der Waals surface area (Å²) in [5.41, 5.74) is 2.38. The molecule has 0 unspecified atom stereocenters. The number of anilines is 1. The molecule has 0 saturated carbocycles. The standard InChI is InChI=1S/C27H38ClN3O5S/c1-6-16-29-27(33)24(7-2)30(19-21-12-9-8-11-20(21)3)26(32)13-10-17-31(37(5,34)35)22-14-15-25(36-4)23(28)18-22/h8-9,11-12,14-15,18,24H,6-7,10,13,16-17,19H2,1-5H3,(H,29,33)/t24-/m1/s1. The van der Waals surface area contributed by atoms with Crippen molar-refractivity contribution in [2.24, 2.45) is 0 Å². The van der Waals surface area contributed by atoms with E-state index in [9.17, 15) is 18.0 Å². The summed E-state index contributed by atoms with van der Waals surface area (Å²) >= 11 is 6.21. The van der Waals surface area contributed by atoms with Crippen LogP contribution >= 0.6 is 11.6 Å². The van der Waals surface area contributed by atoms with Gasteiger partial charge in [0.2, 0.25) is 21.8 Å². The maximum absolute atomic E-state index is 13.5. The van der Waals surface area contributed by atoms with Crippen molar-refractivity contribution < 1.29 is 22.7 Å². The maximum Gasteiger partial charge on any atom is 0.242 e. The molecule has 204 valence electrons. The predicted molar refractivity (Wildman–Crippen MR) is 149 cm³/mol. The number of ether oxygens (including phenoxy) is 1. The first-order valence-corrected chi connectivity index (χ1v) is 14.7. The molecule has 0 spiro atoms. The van der Waals surface area contributed by atoms with Gasteiger partial charge >= 0.3 is 0 Å². The average molecular weight is 552 g/mol. The third kappa shape index (κ3) is 8.64. The number of hydrogen-bond donors (Lipinski definition) is 1. The molecule has 0 fully saturated rings. The summed E-state index contributed by atoms with van der Waals surface area (Å²) < 4.78 is 31.4. The van der Waals surface area contributed by atoms with Crippen LogP contribution in [-0.4, -0.2) is 57.6 Å². The van der Waals surface area contributed by atoms with Crippen LogP contribution in [0.1, 0.15) is 50.7 Å². The average Bonchev–Trinajstić information content (AvgIpc) is 2.85.